The zero-order valence-corrected chi connectivity index (χ0v) is 15.1. The highest BCUT2D eigenvalue weighted by Gasteiger charge is 2.18. The average molecular weight is 388 g/mol. The van der Waals surface area contributed by atoms with Gasteiger partial charge in [-0.1, -0.05) is 53.6 Å². The molecular weight excluding hydrogens is 372 g/mol. The number of para-hydroxylation sites is 1. The van der Waals surface area contributed by atoms with Crippen LogP contribution in [0.15, 0.2) is 72.9 Å². The number of nitrogens with zero attached hydrogens (tertiary/aromatic N) is 4. The number of aromatic nitrogens is 4. The van der Waals surface area contributed by atoms with E-state index in [1.54, 1.807) is 4.68 Å². The van der Waals surface area contributed by atoms with Gasteiger partial charge in [-0.05, 0) is 17.1 Å². The topological polar surface area (TPSA) is 119 Å². The van der Waals surface area contributed by atoms with Gasteiger partial charge in [0.2, 0.25) is 0 Å². The van der Waals surface area contributed by atoms with Crippen molar-refractivity contribution in [2.75, 3.05) is 0 Å². The molecule has 2 N–H and O–H groups in total. The number of benzene rings is 2. The normalized spacial score (nSPS) is 10.6. The molecule has 0 aliphatic carbocycles. The minimum atomic E-state index is -0.638. The number of H-pyrrole nitrogens is 1. The molecule has 0 radical (unpaired) electrons. The zero-order valence-electron chi connectivity index (χ0n) is 15.1. The minimum absolute atomic E-state index is 0.0478. The molecule has 0 spiro atoms. The molecule has 0 bridgehead atoms. The quantitative estimate of drug-likeness (QED) is 0.389. The van der Waals surface area contributed by atoms with E-state index in [1.165, 1.54) is 0 Å². The van der Waals surface area contributed by atoms with Crippen molar-refractivity contribution in [1.29, 1.82) is 0 Å². The summed E-state index contributed by atoms with van der Waals surface area (Å²) in [6.45, 7) is 0.191. The van der Waals surface area contributed by atoms with Crippen LogP contribution >= 0.6 is 0 Å². The van der Waals surface area contributed by atoms with Gasteiger partial charge in [-0.3, -0.25) is 4.79 Å². The smallest absolute Gasteiger partial charge is 0.343 e. The van der Waals surface area contributed by atoms with Crippen LogP contribution in [0.25, 0.3) is 16.9 Å². The molecule has 4 aromatic rings. The van der Waals surface area contributed by atoms with E-state index in [1.807, 2.05) is 66.9 Å². The lowest BCUT2D eigenvalue weighted by Gasteiger charge is -2.03. The molecule has 2 aromatic carbocycles. The Balaban J connectivity index is 1.60. The molecule has 2 heterocycles. The van der Waals surface area contributed by atoms with Crippen LogP contribution in [0, 0.1) is 10.1 Å². The fourth-order valence-electron chi connectivity index (χ4n) is 2.88. The number of aromatic amines is 1. The average Bonchev–Trinajstić information content (AvgIpc) is 3.41. The maximum absolute atomic E-state index is 12.3. The summed E-state index contributed by atoms with van der Waals surface area (Å²) in [6.07, 6.45) is 1.85. The van der Waals surface area contributed by atoms with Gasteiger partial charge in [-0.2, -0.15) is 5.10 Å². The van der Waals surface area contributed by atoms with Crippen molar-refractivity contribution in [3.63, 3.8) is 0 Å². The predicted molar refractivity (Wildman–Crippen MR) is 105 cm³/mol. The summed E-state index contributed by atoms with van der Waals surface area (Å²) in [4.78, 5) is 22.4. The summed E-state index contributed by atoms with van der Waals surface area (Å²) in [5, 5.41) is 24.1. The van der Waals surface area contributed by atoms with Gasteiger partial charge >= 0.3 is 5.82 Å². The van der Waals surface area contributed by atoms with Crippen molar-refractivity contribution in [3.05, 3.63) is 94.3 Å². The molecule has 0 aliphatic rings. The van der Waals surface area contributed by atoms with E-state index >= 15 is 0 Å². The number of amides is 1. The third kappa shape index (κ3) is 3.88. The van der Waals surface area contributed by atoms with Gasteiger partial charge in [0.15, 0.2) is 5.69 Å². The predicted octanol–water partition coefficient (Wildman–Crippen LogP) is 3.10. The molecule has 9 nitrogen and oxygen atoms in total. The highest BCUT2D eigenvalue weighted by molar-refractivity contribution is 5.92. The fraction of sp³-hybridized carbons (Fsp3) is 0.0500. The van der Waals surface area contributed by atoms with E-state index in [2.05, 4.69) is 20.6 Å². The molecule has 2 aromatic heterocycles. The second-order valence-corrected chi connectivity index (χ2v) is 6.23. The molecule has 0 saturated carbocycles. The number of nitro groups is 1. The lowest BCUT2D eigenvalue weighted by molar-refractivity contribution is -0.389. The van der Waals surface area contributed by atoms with Gasteiger partial charge in [0.1, 0.15) is 0 Å². The van der Waals surface area contributed by atoms with E-state index in [0.717, 1.165) is 28.6 Å². The first-order valence-corrected chi connectivity index (χ1v) is 8.79. The lowest BCUT2D eigenvalue weighted by Crippen LogP contribution is -2.23. The Morgan fingerprint density at radius 3 is 2.45 bits per heavy atom. The van der Waals surface area contributed by atoms with E-state index in [9.17, 15) is 14.9 Å². The van der Waals surface area contributed by atoms with Crippen LogP contribution < -0.4 is 5.32 Å². The highest BCUT2D eigenvalue weighted by atomic mass is 16.6. The first kappa shape index (κ1) is 18.1. The van der Waals surface area contributed by atoms with Crippen molar-refractivity contribution in [2.24, 2.45) is 0 Å². The van der Waals surface area contributed by atoms with Gasteiger partial charge in [0.25, 0.3) is 5.91 Å². The van der Waals surface area contributed by atoms with Crippen molar-refractivity contribution in [3.8, 4) is 16.9 Å². The Morgan fingerprint density at radius 2 is 1.79 bits per heavy atom. The maximum atomic E-state index is 12.3. The van der Waals surface area contributed by atoms with Gasteiger partial charge in [-0.15, -0.1) is 5.10 Å². The van der Waals surface area contributed by atoms with Crippen molar-refractivity contribution in [2.45, 2.75) is 6.54 Å². The molecule has 29 heavy (non-hydrogen) atoms. The number of rotatable bonds is 6. The number of carbonyl (C=O) groups excluding carboxylic acids is 1. The number of hydrogen-bond donors (Lipinski definition) is 2. The van der Waals surface area contributed by atoms with Crippen LogP contribution in [0.1, 0.15) is 16.1 Å². The summed E-state index contributed by atoms with van der Waals surface area (Å²) in [5.41, 5.74) is 3.31. The Bertz CT molecular complexity index is 1150. The SMILES string of the molecule is O=C(NCc1cn(-c2ccccc2)nc1-c1ccccc1)c1cc([N+](=O)[O-])[nH]n1. The zero-order chi connectivity index (χ0) is 20.2. The monoisotopic (exact) mass is 388 g/mol. The summed E-state index contributed by atoms with van der Waals surface area (Å²) >= 11 is 0. The standard InChI is InChI=1S/C20H16N6O3/c27-20(17-11-18(23-22-17)26(28)29)21-12-15-13-25(16-9-5-2-6-10-16)24-19(15)14-7-3-1-4-8-14/h1-11,13H,12H2,(H,21,27)(H,22,23). The number of carbonyl (C=O) groups is 1. The van der Waals surface area contributed by atoms with Gasteiger partial charge in [0.05, 0.1) is 17.4 Å². The van der Waals surface area contributed by atoms with Crippen molar-refractivity contribution in [1.82, 2.24) is 25.3 Å². The third-order valence-corrected chi connectivity index (χ3v) is 4.29. The second-order valence-electron chi connectivity index (χ2n) is 6.23. The van der Waals surface area contributed by atoms with Crippen LogP contribution in [0.2, 0.25) is 0 Å². The third-order valence-electron chi connectivity index (χ3n) is 4.29. The van der Waals surface area contributed by atoms with E-state index in [0.29, 0.717) is 0 Å². The highest BCUT2D eigenvalue weighted by Crippen LogP contribution is 2.23. The largest absolute Gasteiger partial charge is 0.358 e. The molecule has 0 atom stereocenters. The Labute approximate surface area is 165 Å². The Hall–Kier alpha value is -4.27. The first-order chi connectivity index (χ1) is 14.1. The molecule has 1 amide bonds. The molecule has 9 heteroatoms. The van der Waals surface area contributed by atoms with E-state index < -0.39 is 10.8 Å². The van der Waals surface area contributed by atoms with Crippen molar-refractivity contribution >= 4 is 11.7 Å². The van der Waals surface area contributed by atoms with Gasteiger partial charge in [0, 0.05) is 23.9 Å². The van der Waals surface area contributed by atoms with E-state index in [4.69, 9.17) is 0 Å². The summed E-state index contributed by atoms with van der Waals surface area (Å²) < 4.78 is 1.75. The molecule has 144 valence electrons. The van der Waals surface area contributed by atoms with Crippen LogP contribution in [-0.4, -0.2) is 30.8 Å². The molecule has 0 saturated heterocycles. The Morgan fingerprint density at radius 1 is 1.10 bits per heavy atom. The fourth-order valence-corrected chi connectivity index (χ4v) is 2.88. The molecule has 0 aliphatic heterocycles. The van der Waals surface area contributed by atoms with Crippen molar-refractivity contribution < 1.29 is 9.72 Å². The molecule has 4 rings (SSSR count). The van der Waals surface area contributed by atoms with E-state index in [-0.39, 0.29) is 18.1 Å². The van der Waals surface area contributed by atoms with Crippen LogP contribution in [-0.2, 0) is 6.54 Å². The molecule has 0 fully saturated rings. The van der Waals surface area contributed by atoms with Crippen LogP contribution in [0.5, 0.6) is 0 Å². The number of hydrogen-bond acceptors (Lipinski definition) is 5. The van der Waals surface area contributed by atoms with Crippen LogP contribution in [0.4, 0.5) is 5.82 Å². The maximum Gasteiger partial charge on any atom is 0.343 e. The summed E-state index contributed by atoms with van der Waals surface area (Å²) in [5.74, 6) is -0.849. The lowest BCUT2D eigenvalue weighted by atomic mass is 10.1. The second kappa shape index (κ2) is 7.77. The summed E-state index contributed by atoms with van der Waals surface area (Å²) in [6, 6.07) is 20.4. The molecular formula is C20H16N6O3. The summed E-state index contributed by atoms with van der Waals surface area (Å²) in [7, 11) is 0. The van der Waals surface area contributed by atoms with Crippen LogP contribution in [0.3, 0.4) is 0 Å². The van der Waals surface area contributed by atoms with Gasteiger partial charge < -0.3 is 15.4 Å². The molecule has 0 unspecified atom stereocenters. The van der Waals surface area contributed by atoms with Gasteiger partial charge in [-0.25, -0.2) is 4.68 Å². The Kier molecular flexibility index (Phi) is 4.85. The first-order valence-electron chi connectivity index (χ1n) is 8.79. The number of nitrogens with one attached hydrogen (secondary N) is 2. The minimum Gasteiger partial charge on any atom is -0.358 e.